The molecule has 4 heterocycles. The summed E-state index contributed by atoms with van der Waals surface area (Å²) in [6.07, 6.45) is 3.63. The van der Waals surface area contributed by atoms with E-state index < -0.39 is 0 Å². The molecule has 3 aromatic rings. The molecule has 144 valence electrons. The highest BCUT2D eigenvalue weighted by Crippen LogP contribution is 2.34. The number of nitrogens with zero attached hydrogens (tertiary/aromatic N) is 5. The van der Waals surface area contributed by atoms with Crippen molar-refractivity contribution >= 4 is 33.1 Å². The number of morpholine rings is 1. The van der Waals surface area contributed by atoms with Crippen LogP contribution in [0.15, 0.2) is 12.4 Å². The van der Waals surface area contributed by atoms with Crippen molar-refractivity contribution in [1.29, 1.82) is 0 Å². The van der Waals surface area contributed by atoms with Crippen molar-refractivity contribution in [3.63, 3.8) is 0 Å². The van der Waals surface area contributed by atoms with Crippen LogP contribution in [0.2, 0.25) is 0 Å². The van der Waals surface area contributed by atoms with Crippen LogP contribution in [0, 0.1) is 13.8 Å². The summed E-state index contributed by atoms with van der Waals surface area (Å²) in [6.45, 7) is 8.80. The van der Waals surface area contributed by atoms with Gasteiger partial charge in [-0.3, -0.25) is 9.58 Å². The molecule has 0 bridgehead atoms. The molecule has 1 aliphatic heterocycles. The van der Waals surface area contributed by atoms with Gasteiger partial charge in [-0.05, 0) is 19.4 Å². The Hall–Kier alpha value is -2.07. The maximum absolute atomic E-state index is 9.08. The van der Waals surface area contributed by atoms with Gasteiger partial charge in [0.1, 0.15) is 16.5 Å². The number of rotatable bonds is 6. The molecule has 1 aliphatic rings. The van der Waals surface area contributed by atoms with Crippen LogP contribution in [0.1, 0.15) is 16.3 Å². The Morgan fingerprint density at radius 2 is 2.07 bits per heavy atom. The van der Waals surface area contributed by atoms with Crippen LogP contribution in [-0.4, -0.2) is 62.7 Å². The van der Waals surface area contributed by atoms with Gasteiger partial charge in [0.05, 0.1) is 50.2 Å². The number of hydrogen-bond acceptors (Lipinski definition) is 8. The largest absolute Gasteiger partial charge is 0.394 e. The van der Waals surface area contributed by atoms with Crippen molar-refractivity contribution in [3.05, 3.63) is 28.7 Å². The Morgan fingerprint density at radius 1 is 1.26 bits per heavy atom. The predicted octanol–water partition coefficient (Wildman–Crippen LogP) is 2.07. The van der Waals surface area contributed by atoms with Crippen LogP contribution in [0.3, 0.4) is 0 Å². The van der Waals surface area contributed by atoms with E-state index in [0.29, 0.717) is 13.1 Å². The van der Waals surface area contributed by atoms with Crippen molar-refractivity contribution in [2.75, 3.05) is 38.2 Å². The van der Waals surface area contributed by atoms with E-state index in [1.807, 2.05) is 6.20 Å². The number of aromatic nitrogens is 4. The van der Waals surface area contributed by atoms with E-state index in [2.05, 4.69) is 29.2 Å². The van der Waals surface area contributed by atoms with Gasteiger partial charge in [0.2, 0.25) is 0 Å². The number of aliphatic hydroxyl groups is 1. The molecular weight excluding hydrogens is 364 g/mol. The fraction of sp³-hybridized carbons (Fsp3) is 0.500. The number of fused-ring (bicyclic) bond motifs is 1. The molecule has 0 saturated carbocycles. The predicted molar refractivity (Wildman–Crippen MR) is 106 cm³/mol. The molecule has 0 aromatic carbocycles. The molecule has 0 radical (unpaired) electrons. The van der Waals surface area contributed by atoms with E-state index in [4.69, 9.17) is 19.8 Å². The molecule has 4 rings (SSSR count). The molecule has 1 fully saturated rings. The van der Waals surface area contributed by atoms with Gasteiger partial charge in [-0.2, -0.15) is 5.10 Å². The number of ether oxygens (including phenoxy) is 1. The van der Waals surface area contributed by atoms with Crippen LogP contribution in [0.5, 0.6) is 0 Å². The van der Waals surface area contributed by atoms with Gasteiger partial charge in [0.25, 0.3) is 0 Å². The Labute approximate surface area is 161 Å². The summed E-state index contributed by atoms with van der Waals surface area (Å²) in [4.78, 5) is 14.2. The lowest BCUT2D eigenvalue weighted by Gasteiger charge is -2.25. The van der Waals surface area contributed by atoms with Crippen LogP contribution in [0.25, 0.3) is 10.2 Å². The number of anilines is 2. The first-order chi connectivity index (χ1) is 13.1. The molecule has 8 nitrogen and oxygen atoms in total. The first-order valence-electron chi connectivity index (χ1n) is 9.11. The molecule has 9 heteroatoms. The molecule has 0 amide bonds. The van der Waals surface area contributed by atoms with Crippen molar-refractivity contribution in [2.24, 2.45) is 0 Å². The summed E-state index contributed by atoms with van der Waals surface area (Å²) in [7, 11) is 0. The van der Waals surface area contributed by atoms with E-state index in [0.717, 1.165) is 53.8 Å². The van der Waals surface area contributed by atoms with E-state index in [-0.39, 0.29) is 6.61 Å². The Kier molecular flexibility index (Phi) is 5.35. The summed E-state index contributed by atoms with van der Waals surface area (Å²) in [5.74, 6) is 1.63. The Balaban J connectivity index is 1.67. The van der Waals surface area contributed by atoms with Gasteiger partial charge < -0.3 is 15.2 Å². The topological polar surface area (TPSA) is 88.3 Å². The SMILES string of the molecule is Cc1sc2nc(CN3CCOCC3)nc(Nc3cnn(CCO)c3)c2c1C. The second kappa shape index (κ2) is 7.89. The molecule has 2 N–H and O–H groups in total. The number of aliphatic hydroxyl groups excluding tert-OH is 1. The number of aryl methyl sites for hydroxylation is 2. The third-order valence-electron chi connectivity index (χ3n) is 4.77. The monoisotopic (exact) mass is 388 g/mol. The second-order valence-corrected chi connectivity index (χ2v) is 7.88. The lowest BCUT2D eigenvalue weighted by atomic mass is 10.2. The quantitative estimate of drug-likeness (QED) is 0.668. The van der Waals surface area contributed by atoms with E-state index in [9.17, 15) is 0 Å². The zero-order valence-electron chi connectivity index (χ0n) is 15.6. The summed E-state index contributed by atoms with van der Waals surface area (Å²) < 4.78 is 7.14. The Morgan fingerprint density at radius 3 is 2.85 bits per heavy atom. The first kappa shape index (κ1) is 18.3. The first-order valence-corrected chi connectivity index (χ1v) is 9.92. The summed E-state index contributed by atoms with van der Waals surface area (Å²) in [5.41, 5.74) is 2.06. The number of hydrogen-bond donors (Lipinski definition) is 2. The average Bonchev–Trinajstić information content (AvgIpc) is 3.20. The molecule has 0 unspecified atom stereocenters. The van der Waals surface area contributed by atoms with Crippen molar-refractivity contribution < 1.29 is 9.84 Å². The molecule has 27 heavy (non-hydrogen) atoms. The van der Waals surface area contributed by atoms with E-state index in [1.54, 1.807) is 22.2 Å². The zero-order valence-corrected chi connectivity index (χ0v) is 16.4. The lowest BCUT2D eigenvalue weighted by Crippen LogP contribution is -2.36. The molecule has 0 aliphatic carbocycles. The summed E-state index contributed by atoms with van der Waals surface area (Å²) in [6, 6.07) is 0. The van der Waals surface area contributed by atoms with E-state index in [1.165, 1.54) is 10.4 Å². The maximum Gasteiger partial charge on any atom is 0.146 e. The highest BCUT2D eigenvalue weighted by atomic mass is 32.1. The molecule has 3 aromatic heterocycles. The molecular formula is C18H24N6O2S. The lowest BCUT2D eigenvalue weighted by molar-refractivity contribution is 0.0331. The Bertz CT molecular complexity index is 931. The average molecular weight is 388 g/mol. The highest BCUT2D eigenvalue weighted by molar-refractivity contribution is 7.18. The fourth-order valence-corrected chi connectivity index (χ4v) is 4.25. The summed E-state index contributed by atoms with van der Waals surface area (Å²) in [5, 5.41) is 17.8. The minimum absolute atomic E-state index is 0.0609. The fourth-order valence-electron chi connectivity index (χ4n) is 3.20. The van der Waals surface area contributed by atoms with Crippen molar-refractivity contribution in [1.82, 2.24) is 24.6 Å². The minimum Gasteiger partial charge on any atom is -0.394 e. The molecule has 0 spiro atoms. The van der Waals surface area contributed by atoms with Gasteiger partial charge in [0, 0.05) is 24.2 Å². The van der Waals surface area contributed by atoms with Crippen LogP contribution < -0.4 is 5.32 Å². The van der Waals surface area contributed by atoms with Gasteiger partial charge in [-0.15, -0.1) is 11.3 Å². The van der Waals surface area contributed by atoms with Gasteiger partial charge >= 0.3 is 0 Å². The maximum atomic E-state index is 9.08. The van der Waals surface area contributed by atoms with Crippen LogP contribution in [0.4, 0.5) is 11.5 Å². The standard InChI is InChI=1S/C18H24N6O2S/c1-12-13(2)27-18-16(12)17(20-14-9-19-24(10-14)3-6-25)21-15(22-18)11-23-4-7-26-8-5-23/h9-10,25H,3-8,11H2,1-2H3,(H,20,21,22). The minimum atomic E-state index is 0.0609. The summed E-state index contributed by atoms with van der Waals surface area (Å²) >= 11 is 1.70. The van der Waals surface area contributed by atoms with Gasteiger partial charge in [-0.25, -0.2) is 9.97 Å². The normalized spacial score (nSPS) is 15.5. The zero-order chi connectivity index (χ0) is 18.8. The number of nitrogens with one attached hydrogen (secondary N) is 1. The molecule has 1 saturated heterocycles. The van der Waals surface area contributed by atoms with Crippen molar-refractivity contribution in [3.8, 4) is 0 Å². The number of thiophene rings is 1. The third kappa shape index (κ3) is 3.96. The highest BCUT2D eigenvalue weighted by Gasteiger charge is 2.18. The van der Waals surface area contributed by atoms with Gasteiger partial charge in [-0.1, -0.05) is 0 Å². The van der Waals surface area contributed by atoms with Crippen LogP contribution in [-0.2, 0) is 17.8 Å². The van der Waals surface area contributed by atoms with Gasteiger partial charge in [0.15, 0.2) is 0 Å². The van der Waals surface area contributed by atoms with Crippen molar-refractivity contribution in [2.45, 2.75) is 26.9 Å². The van der Waals surface area contributed by atoms with E-state index >= 15 is 0 Å². The molecule has 0 atom stereocenters. The second-order valence-electron chi connectivity index (χ2n) is 6.68. The third-order valence-corrected chi connectivity index (χ3v) is 5.87. The smallest absolute Gasteiger partial charge is 0.146 e. The van der Waals surface area contributed by atoms with Crippen LogP contribution >= 0.6 is 11.3 Å².